The molecule has 2 saturated heterocycles. The second kappa shape index (κ2) is 6.38. The van der Waals surface area contributed by atoms with E-state index in [1.807, 2.05) is 18.2 Å². The highest BCUT2D eigenvalue weighted by Crippen LogP contribution is 2.35. The zero-order valence-electron chi connectivity index (χ0n) is 13.0. The number of para-hydroxylation sites is 2. The second-order valence-electron chi connectivity index (χ2n) is 5.84. The van der Waals surface area contributed by atoms with Crippen LogP contribution in [0, 0.1) is 5.92 Å². The van der Waals surface area contributed by atoms with Gasteiger partial charge in [0, 0.05) is 26.1 Å². The Balaban J connectivity index is 1.82. The van der Waals surface area contributed by atoms with Crippen LogP contribution in [0.2, 0.25) is 0 Å². The Hall–Kier alpha value is -2.04. The maximum Gasteiger partial charge on any atom is 0.311 e. The van der Waals surface area contributed by atoms with Crippen molar-refractivity contribution < 1.29 is 14.3 Å². The molecule has 0 saturated carbocycles. The summed E-state index contributed by atoms with van der Waals surface area (Å²) in [6.07, 6.45) is 2.62. The smallest absolute Gasteiger partial charge is 0.311 e. The molecular formula is C17H22N2O3. The topological polar surface area (TPSA) is 49.9 Å². The number of amides is 1. The van der Waals surface area contributed by atoms with Crippen molar-refractivity contribution in [2.24, 2.45) is 5.92 Å². The van der Waals surface area contributed by atoms with Gasteiger partial charge in [-0.25, -0.2) is 0 Å². The molecule has 2 heterocycles. The molecular weight excluding hydrogens is 280 g/mol. The molecule has 5 nitrogen and oxygen atoms in total. The Labute approximate surface area is 130 Å². The van der Waals surface area contributed by atoms with E-state index in [4.69, 9.17) is 4.74 Å². The third kappa shape index (κ3) is 2.80. The highest BCUT2D eigenvalue weighted by molar-refractivity contribution is 6.01. The van der Waals surface area contributed by atoms with Crippen molar-refractivity contribution >= 4 is 23.3 Å². The highest BCUT2D eigenvalue weighted by Gasteiger charge is 2.37. The zero-order chi connectivity index (χ0) is 15.5. The lowest BCUT2D eigenvalue weighted by atomic mass is 10.1. The highest BCUT2D eigenvalue weighted by atomic mass is 16.5. The van der Waals surface area contributed by atoms with Crippen LogP contribution < -0.4 is 9.80 Å². The van der Waals surface area contributed by atoms with Crippen LogP contribution in [0.25, 0.3) is 0 Å². The molecule has 0 N–H and O–H groups in total. The van der Waals surface area contributed by atoms with E-state index in [9.17, 15) is 9.59 Å². The summed E-state index contributed by atoms with van der Waals surface area (Å²) in [5.74, 6) is -0.610. The lowest BCUT2D eigenvalue weighted by Crippen LogP contribution is -2.29. The molecule has 2 fully saturated rings. The van der Waals surface area contributed by atoms with Crippen molar-refractivity contribution in [2.75, 3.05) is 36.0 Å². The fourth-order valence-electron chi connectivity index (χ4n) is 3.28. The molecule has 3 rings (SSSR count). The standard InChI is InChI=1S/C17H22N2O3/c1-2-22-17(21)13-11-16(20)19(12-13)15-8-4-3-7-14(15)18-9-5-6-10-18/h3-4,7-8,13H,2,5-6,9-12H2,1H3/t13-/m1/s1. The van der Waals surface area contributed by atoms with Gasteiger partial charge in [-0.15, -0.1) is 0 Å². The van der Waals surface area contributed by atoms with Crippen molar-refractivity contribution in [3.63, 3.8) is 0 Å². The van der Waals surface area contributed by atoms with E-state index in [2.05, 4.69) is 11.0 Å². The van der Waals surface area contributed by atoms with Gasteiger partial charge in [0.1, 0.15) is 0 Å². The first-order valence-electron chi connectivity index (χ1n) is 8.01. The molecule has 1 aromatic rings. The molecule has 0 bridgehead atoms. The third-order valence-corrected chi connectivity index (χ3v) is 4.36. The molecule has 1 atom stereocenters. The van der Waals surface area contributed by atoms with Gasteiger partial charge in [0.15, 0.2) is 0 Å². The van der Waals surface area contributed by atoms with Gasteiger partial charge in [-0.1, -0.05) is 12.1 Å². The summed E-state index contributed by atoms with van der Waals surface area (Å²) in [7, 11) is 0. The predicted octanol–water partition coefficient (Wildman–Crippen LogP) is 2.20. The van der Waals surface area contributed by atoms with Crippen molar-refractivity contribution in [1.29, 1.82) is 0 Å². The number of nitrogens with zero attached hydrogens (tertiary/aromatic N) is 2. The molecule has 2 aliphatic rings. The Morgan fingerprint density at radius 2 is 1.91 bits per heavy atom. The van der Waals surface area contributed by atoms with E-state index < -0.39 is 0 Å². The van der Waals surface area contributed by atoms with Crippen molar-refractivity contribution in [1.82, 2.24) is 0 Å². The third-order valence-electron chi connectivity index (χ3n) is 4.36. The maximum absolute atomic E-state index is 12.4. The summed E-state index contributed by atoms with van der Waals surface area (Å²) >= 11 is 0. The molecule has 1 aromatic carbocycles. The van der Waals surface area contributed by atoms with Gasteiger partial charge in [-0.05, 0) is 31.9 Å². The summed E-state index contributed by atoms with van der Waals surface area (Å²) in [4.78, 5) is 28.3. The first-order chi connectivity index (χ1) is 10.7. The summed E-state index contributed by atoms with van der Waals surface area (Å²) < 4.78 is 5.06. The van der Waals surface area contributed by atoms with Crippen LogP contribution in [0.15, 0.2) is 24.3 Å². The molecule has 22 heavy (non-hydrogen) atoms. The summed E-state index contributed by atoms with van der Waals surface area (Å²) in [6, 6.07) is 7.98. The van der Waals surface area contributed by atoms with E-state index in [0.29, 0.717) is 13.2 Å². The van der Waals surface area contributed by atoms with E-state index in [1.165, 1.54) is 12.8 Å². The molecule has 0 aliphatic carbocycles. The quantitative estimate of drug-likeness (QED) is 0.800. The Morgan fingerprint density at radius 1 is 1.23 bits per heavy atom. The van der Waals surface area contributed by atoms with E-state index in [-0.39, 0.29) is 24.2 Å². The molecule has 0 aromatic heterocycles. The number of benzene rings is 1. The predicted molar refractivity (Wildman–Crippen MR) is 85.0 cm³/mol. The van der Waals surface area contributed by atoms with Crippen molar-refractivity contribution in [3.05, 3.63) is 24.3 Å². The first-order valence-corrected chi connectivity index (χ1v) is 8.01. The largest absolute Gasteiger partial charge is 0.466 e. The van der Waals surface area contributed by atoms with Gasteiger partial charge in [-0.3, -0.25) is 9.59 Å². The minimum atomic E-state index is -0.348. The fourth-order valence-corrected chi connectivity index (χ4v) is 3.28. The number of anilines is 2. The minimum Gasteiger partial charge on any atom is -0.466 e. The number of carbonyl (C=O) groups excluding carboxylic acids is 2. The van der Waals surface area contributed by atoms with Crippen LogP contribution in [0.5, 0.6) is 0 Å². The molecule has 0 unspecified atom stereocenters. The zero-order valence-corrected chi connectivity index (χ0v) is 13.0. The average Bonchev–Trinajstić information content (AvgIpc) is 3.17. The van der Waals surface area contributed by atoms with Crippen LogP contribution in [0.4, 0.5) is 11.4 Å². The van der Waals surface area contributed by atoms with Gasteiger partial charge in [0.2, 0.25) is 5.91 Å². The van der Waals surface area contributed by atoms with Crippen LogP contribution in [-0.4, -0.2) is 38.1 Å². The molecule has 0 spiro atoms. The monoisotopic (exact) mass is 302 g/mol. The Kier molecular flexibility index (Phi) is 4.32. The van der Waals surface area contributed by atoms with Crippen LogP contribution >= 0.6 is 0 Å². The number of hydrogen-bond acceptors (Lipinski definition) is 4. The maximum atomic E-state index is 12.4. The number of ether oxygens (including phenoxy) is 1. The molecule has 118 valence electrons. The molecule has 0 radical (unpaired) electrons. The lowest BCUT2D eigenvalue weighted by Gasteiger charge is -2.26. The lowest BCUT2D eigenvalue weighted by molar-refractivity contribution is -0.147. The van der Waals surface area contributed by atoms with Gasteiger partial charge in [-0.2, -0.15) is 0 Å². The van der Waals surface area contributed by atoms with Crippen molar-refractivity contribution in [2.45, 2.75) is 26.2 Å². The summed E-state index contributed by atoms with van der Waals surface area (Å²) in [6.45, 7) is 4.62. The van der Waals surface area contributed by atoms with E-state index in [1.54, 1.807) is 11.8 Å². The number of esters is 1. The Morgan fingerprint density at radius 3 is 2.59 bits per heavy atom. The molecule has 1 amide bonds. The summed E-state index contributed by atoms with van der Waals surface area (Å²) in [5.41, 5.74) is 2.01. The number of carbonyl (C=O) groups is 2. The van der Waals surface area contributed by atoms with Crippen LogP contribution in [-0.2, 0) is 14.3 Å². The van der Waals surface area contributed by atoms with Crippen molar-refractivity contribution in [3.8, 4) is 0 Å². The number of rotatable bonds is 4. The van der Waals surface area contributed by atoms with Gasteiger partial charge < -0.3 is 14.5 Å². The van der Waals surface area contributed by atoms with Crippen LogP contribution in [0.1, 0.15) is 26.2 Å². The Bertz CT molecular complexity index is 567. The SMILES string of the molecule is CCOC(=O)[C@@H]1CC(=O)N(c2ccccc2N2CCCC2)C1. The second-order valence-corrected chi connectivity index (χ2v) is 5.84. The van der Waals surface area contributed by atoms with Gasteiger partial charge >= 0.3 is 5.97 Å². The van der Waals surface area contributed by atoms with Gasteiger partial charge in [0.25, 0.3) is 0 Å². The summed E-state index contributed by atoms with van der Waals surface area (Å²) in [5, 5.41) is 0. The molecule has 5 heteroatoms. The van der Waals surface area contributed by atoms with E-state index >= 15 is 0 Å². The first kappa shape index (κ1) is 14.9. The minimum absolute atomic E-state index is 0.00435. The van der Waals surface area contributed by atoms with Gasteiger partial charge in [0.05, 0.1) is 23.9 Å². The normalized spacial score (nSPS) is 21.5. The van der Waals surface area contributed by atoms with Crippen LogP contribution in [0.3, 0.4) is 0 Å². The van der Waals surface area contributed by atoms with E-state index in [0.717, 1.165) is 24.5 Å². The molecule has 2 aliphatic heterocycles. The average molecular weight is 302 g/mol. The number of hydrogen-bond donors (Lipinski definition) is 0. The fraction of sp³-hybridized carbons (Fsp3) is 0.529.